The second-order valence-electron chi connectivity index (χ2n) is 4.29. The average Bonchev–Trinajstić information content (AvgIpc) is 2.47. The van der Waals surface area contributed by atoms with E-state index in [1.807, 2.05) is 0 Å². The van der Waals surface area contributed by atoms with Crippen LogP contribution < -0.4 is 5.43 Å². The number of amides is 1. The molecule has 2 rings (SSSR count). The van der Waals surface area contributed by atoms with Gasteiger partial charge in [0, 0.05) is 16.1 Å². The molecule has 0 aliphatic carbocycles. The van der Waals surface area contributed by atoms with Crippen molar-refractivity contribution in [2.24, 2.45) is 5.10 Å². The number of carbonyl (C=O) groups excluding carboxylic acids is 1. The number of carbonyl (C=O) groups is 1. The first-order valence-corrected chi connectivity index (χ1v) is 6.51. The lowest BCUT2D eigenvalue weighted by atomic mass is 10.1. The van der Waals surface area contributed by atoms with Crippen molar-refractivity contribution < 1.29 is 18.0 Å². The van der Waals surface area contributed by atoms with Crippen molar-refractivity contribution in [3.8, 4) is 0 Å². The van der Waals surface area contributed by atoms with Crippen molar-refractivity contribution in [2.45, 2.75) is 6.18 Å². The molecule has 0 aromatic heterocycles. The van der Waals surface area contributed by atoms with Crippen LogP contribution in [0.1, 0.15) is 21.5 Å². The summed E-state index contributed by atoms with van der Waals surface area (Å²) in [6, 6.07) is 11.0. The monoisotopic (exact) mass is 326 g/mol. The molecule has 1 amide bonds. The molecule has 0 heterocycles. The molecule has 3 nitrogen and oxygen atoms in total. The quantitative estimate of drug-likeness (QED) is 0.669. The summed E-state index contributed by atoms with van der Waals surface area (Å²) in [6.07, 6.45) is -3.53. The molecule has 0 aliphatic rings. The largest absolute Gasteiger partial charge is 0.417 e. The van der Waals surface area contributed by atoms with Crippen LogP contribution in [0.25, 0.3) is 0 Å². The molecule has 0 spiro atoms. The van der Waals surface area contributed by atoms with E-state index in [2.05, 4.69) is 10.5 Å². The average molecular weight is 327 g/mol. The van der Waals surface area contributed by atoms with Crippen molar-refractivity contribution >= 4 is 23.7 Å². The van der Waals surface area contributed by atoms with Crippen LogP contribution >= 0.6 is 11.6 Å². The fraction of sp³-hybridized carbons (Fsp3) is 0.0667. The van der Waals surface area contributed by atoms with Gasteiger partial charge in [-0.25, -0.2) is 5.43 Å². The first kappa shape index (κ1) is 16.0. The van der Waals surface area contributed by atoms with Crippen LogP contribution in [0.3, 0.4) is 0 Å². The van der Waals surface area contributed by atoms with E-state index in [4.69, 9.17) is 11.6 Å². The maximum atomic E-state index is 12.8. The summed E-state index contributed by atoms with van der Waals surface area (Å²) >= 11 is 5.69. The number of nitrogens with one attached hydrogen (secondary N) is 1. The van der Waals surface area contributed by atoms with Crippen LogP contribution in [-0.2, 0) is 6.18 Å². The molecular formula is C15H10ClF3N2O. The molecule has 0 saturated heterocycles. The minimum absolute atomic E-state index is 0.133. The third-order valence-corrected chi connectivity index (χ3v) is 2.99. The lowest BCUT2D eigenvalue weighted by Gasteiger charge is -2.09. The first-order chi connectivity index (χ1) is 10.4. The van der Waals surface area contributed by atoms with Gasteiger partial charge in [0.05, 0.1) is 11.8 Å². The van der Waals surface area contributed by atoms with Crippen LogP contribution in [0.2, 0.25) is 5.02 Å². The Morgan fingerprint density at radius 3 is 2.36 bits per heavy atom. The summed E-state index contributed by atoms with van der Waals surface area (Å²) in [6.45, 7) is 0. The van der Waals surface area contributed by atoms with Crippen molar-refractivity contribution in [3.05, 3.63) is 70.2 Å². The van der Waals surface area contributed by atoms with E-state index in [9.17, 15) is 18.0 Å². The zero-order valence-electron chi connectivity index (χ0n) is 11.1. The topological polar surface area (TPSA) is 41.5 Å². The minimum Gasteiger partial charge on any atom is -0.267 e. The van der Waals surface area contributed by atoms with Crippen molar-refractivity contribution in [1.29, 1.82) is 0 Å². The van der Waals surface area contributed by atoms with E-state index in [0.29, 0.717) is 10.6 Å². The maximum Gasteiger partial charge on any atom is 0.417 e. The van der Waals surface area contributed by atoms with Crippen molar-refractivity contribution in [2.75, 3.05) is 0 Å². The van der Waals surface area contributed by atoms with Crippen LogP contribution in [0.15, 0.2) is 53.6 Å². The van der Waals surface area contributed by atoms with Gasteiger partial charge in [-0.05, 0) is 30.3 Å². The summed E-state index contributed by atoms with van der Waals surface area (Å²) < 4.78 is 38.3. The SMILES string of the molecule is O=C(N/N=C/c1ccccc1C(F)(F)F)c1ccc(Cl)cc1. The Kier molecular flexibility index (Phi) is 4.82. The van der Waals surface area contributed by atoms with Gasteiger partial charge < -0.3 is 0 Å². The molecule has 2 aromatic carbocycles. The molecule has 0 atom stereocenters. The maximum absolute atomic E-state index is 12.8. The Bertz CT molecular complexity index is 697. The second kappa shape index (κ2) is 6.62. The van der Waals surface area contributed by atoms with E-state index in [1.54, 1.807) is 0 Å². The lowest BCUT2D eigenvalue weighted by Crippen LogP contribution is -2.18. The number of hydrogen-bond donors (Lipinski definition) is 1. The third kappa shape index (κ3) is 4.08. The molecule has 0 aliphatic heterocycles. The summed E-state index contributed by atoms with van der Waals surface area (Å²) in [4.78, 5) is 11.7. The smallest absolute Gasteiger partial charge is 0.267 e. The first-order valence-electron chi connectivity index (χ1n) is 6.13. The van der Waals surface area contributed by atoms with E-state index in [-0.39, 0.29) is 5.56 Å². The number of hydrogen-bond acceptors (Lipinski definition) is 2. The standard InChI is InChI=1S/C15H10ClF3N2O/c16-12-7-5-10(6-8-12)14(22)21-20-9-11-3-1-2-4-13(11)15(17,18)19/h1-9H,(H,21,22)/b20-9+. The Hall–Kier alpha value is -2.34. The zero-order valence-corrected chi connectivity index (χ0v) is 11.8. The summed E-state index contributed by atoms with van der Waals surface area (Å²) in [7, 11) is 0. The normalized spacial score (nSPS) is 11.6. The number of rotatable bonds is 3. The fourth-order valence-electron chi connectivity index (χ4n) is 1.69. The predicted octanol–water partition coefficient (Wildman–Crippen LogP) is 4.12. The van der Waals surface area contributed by atoms with Crippen molar-refractivity contribution in [1.82, 2.24) is 5.43 Å². The van der Waals surface area contributed by atoms with Gasteiger partial charge in [-0.15, -0.1) is 0 Å². The number of benzene rings is 2. The molecule has 0 unspecified atom stereocenters. The summed E-state index contributed by atoms with van der Waals surface area (Å²) in [5.74, 6) is -0.544. The number of halogens is 4. The highest BCUT2D eigenvalue weighted by Gasteiger charge is 2.32. The van der Waals surface area contributed by atoms with Gasteiger partial charge in [-0.2, -0.15) is 18.3 Å². The van der Waals surface area contributed by atoms with Crippen LogP contribution in [0, 0.1) is 0 Å². The van der Waals surface area contributed by atoms with Crippen LogP contribution in [0.5, 0.6) is 0 Å². The van der Waals surface area contributed by atoms with E-state index in [0.717, 1.165) is 12.3 Å². The van der Waals surface area contributed by atoms with Crippen molar-refractivity contribution in [3.63, 3.8) is 0 Å². The van der Waals surface area contributed by atoms with Crippen LogP contribution in [-0.4, -0.2) is 12.1 Å². The molecule has 2 aromatic rings. The molecule has 0 radical (unpaired) electrons. The molecule has 7 heteroatoms. The Morgan fingerprint density at radius 2 is 1.73 bits per heavy atom. The van der Waals surface area contributed by atoms with Gasteiger partial charge in [-0.1, -0.05) is 29.8 Å². The second-order valence-corrected chi connectivity index (χ2v) is 4.73. The molecule has 1 N–H and O–H groups in total. The van der Waals surface area contributed by atoms with Crippen LogP contribution in [0.4, 0.5) is 13.2 Å². The minimum atomic E-state index is -4.48. The number of alkyl halides is 3. The molecule has 0 saturated carbocycles. The molecule has 114 valence electrons. The highest BCUT2D eigenvalue weighted by molar-refractivity contribution is 6.30. The highest BCUT2D eigenvalue weighted by atomic mass is 35.5. The fourth-order valence-corrected chi connectivity index (χ4v) is 1.82. The lowest BCUT2D eigenvalue weighted by molar-refractivity contribution is -0.137. The predicted molar refractivity (Wildman–Crippen MR) is 78.0 cm³/mol. The third-order valence-electron chi connectivity index (χ3n) is 2.74. The van der Waals surface area contributed by atoms with Gasteiger partial charge in [0.2, 0.25) is 0 Å². The Labute approximate surface area is 129 Å². The molecule has 0 bridgehead atoms. The zero-order chi connectivity index (χ0) is 16.2. The van der Waals surface area contributed by atoms with Gasteiger partial charge in [0.1, 0.15) is 0 Å². The molecule has 0 fully saturated rings. The van der Waals surface area contributed by atoms with Gasteiger partial charge in [0.25, 0.3) is 5.91 Å². The van der Waals surface area contributed by atoms with E-state index < -0.39 is 17.6 Å². The number of nitrogens with zero attached hydrogens (tertiary/aromatic N) is 1. The van der Waals surface area contributed by atoms with E-state index >= 15 is 0 Å². The van der Waals surface area contributed by atoms with Gasteiger partial charge in [0.15, 0.2) is 0 Å². The molecule has 22 heavy (non-hydrogen) atoms. The Morgan fingerprint density at radius 1 is 1.09 bits per heavy atom. The summed E-state index contributed by atoms with van der Waals surface area (Å²) in [5.41, 5.74) is 1.51. The number of hydrazone groups is 1. The summed E-state index contributed by atoms with van der Waals surface area (Å²) in [5, 5.41) is 4.03. The molecular weight excluding hydrogens is 317 g/mol. The van der Waals surface area contributed by atoms with E-state index in [1.165, 1.54) is 42.5 Å². The van der Waals surface area contributed by atoms with Gasteiger partial charge >= 0.3 is 6.18 Å². The Balaban J connectivity index is 2.10. The van der Waals surface area contributed by atoms with Gasteiger partial charge in [-0.3, -0.25) is 4.79 Å². The highest BCUT2D eigenvalue weighted by Crippen LogP contribution is 2.30.